The number of nitrogens with zero attached hydrogens (tertiary/aromatic N) is 1. The van der Waals surface area contributed by atoms with Crippen molar-refractivity contribution in [3.63, 3.8) is 0 Å². The minimum atomic E-state index is -0.101. The van der Waals surface area contributed by atoms with Crippen molar-refractivity contribution in [3.8, 4) is 0 Å². The summed E-state index contributed by atoms with van der Waals surface area (Å²) in [5, 5.41) is 3.25. The summed E-state index contributed by atoms with van der Waals surface area (Å²) in [4.78, 5) is 18.3. The Morgan fingerprint density at radius 2 is 2.13 bits per heavy atom. The predicted octanol–water partition coefficient (Wildman–Crippen LogP) is 1.93. The lowest BCUT2D eigenvalue weighted by Gasteiger charge is -2.25. The van der Waals surface area contributed by atoms with Gasteiger partial charge < -0.3 is 10.3 Å². The molecule has 0 aliphatic rings. The Labute approximate surface area is 90.1 Å². The lowest BCUT2D eigenvalue weighted by Crippen LogP contribution is -2.31. The number of hydrogen-bond acceptors (Lipinski definition) is 3. The molecule has 0 amide bonds. The summed E-state index contributed by atoms with van der Waals surface area (Å²) in [5.74, 6) is 1.37. The zero-order valence-corrected chi connectivity index (χ0v) is 9.85. The van der Waals surface area contributed by atoms with E-state index >= 15 is 0 Å². The second kappa shape index (κ2) is 4.47. The quantitative estimate of drug-likeness (QED) is 0.796. The Kier molecular flexibility index (Phi) is 3.50. The average Bonchev–Trinajstić information content (AvgIpc) is 2.16. The van der Waals surface area contributed by atoms with Gasteiger partial charge in [-0.1, -0.05) is 13.8 Å². The molecule has 0 fully saturated rings. The summed E-state index contributed by atoms with van der Waals surface area (Å²) in [7, 11) is 0. The van der Waals surface area contributed by atoms with Crippen LogP contribution in [0.4, 0.5) is 5.82 Å². The average molecular weight is 209 g/mol. The van der Waals surface area contributed by atoms with Crippen molar-refractivity contribution in [2.45, 2.75) is 46.1 Å². The number of aryl methyl sites for hydroxylation is 1. The van der Waals surface area contributed by atoms with Gasteiger partial charge in [0.15, 0.2) is 0 Å². The highest BCUT2D eigenvalue weighted by Crippen LogP contribution is 2.14. The topological polar surface area (TPSA) is 57.8 Å². The fourth-order valence-electron chi connectivity index (χ4n) is 1.17. The van der Waals surface area contributed by atoms with E-state index in [1.54, 1.807) is 0 Å². The van der Waals surface area contributed by atoms with Crippen LogP contribution in [0.5, 0.6) is 0 Å². The number of anilines is 1. The van der Waals surface area contributed by atoms with Gasteiger partial charge in [-0.25, -0.2) is 4.98 Å². The molecule has 4 nitrogen and oxygen atoms in total. The first-order chi connectivity index (χ1) is 6.96. The fraction of sp³-hybridized carbons (Fsp3) is 0.636. The molecule has 0 aromatic carbocycles. The van der Waals surface area contributed by atoms with Crippen molar-refractivity contribution < 1.29 is 0 Å². The molecule has 0 aliphatic carbocycles. The van der Waals surface area contributed by atoms with Crippen LogP contribution in [0.15, 0.2) is 10.9 Å². The van der Waals surface area contributed by atoms with Crippen molar-refractivity contribution in [1.82, 2.24) is 9.97 Å². The molecule has 1 heterocycles. The van der Waals surface area contributed by atoms with Gasteiger partial charge in [0, 0.05) is 18.0 Å². The highest BCUT2D eigenvalue weighted by molar-refractivity contribution is 5.36. The van der Waals surface area contributed by atoms with E-state index in [9.17, 15) is 4.79 Å². The molecule has 0 atom stereocenters. The zero-order valence-electron chi connectivity index (χ0n) is 9.85. The van der Waals surface area contributed by atoms with Crippen LogP contribution < -0.4 is 10.9 Å². The summed E-state index contributed by atoms with van der Waals surface area (Å²) in [6, 6.07) is 1.50. The van der Waals surface area contributed by atoms with Gasteiger partial charge in [0.25, 0.3) is 5.56 Å². The van der Waals surface area contributed by atoms with E-state index in [1.165, 1.54) is 6.07 Å². The largest absolute Gasteiger partial charge is 0.365 e. The SMILES string of the molecule is CCc1nc(NC(C)(C)CC)cc(=O)[nH]1. The van der Waals surface area contributed by atoms with E-state index < -0.39 is 0 Å². The van der Waals surface area contributed by atoms with Crippen LogP contribution in [0.25, 0.3) is 0 Å². The number of nitrogens with one attached hydrogen (secondary N) is 2. The Hall–Kier alpha value is -1.32. The second-order valence-corrected chi connectivity index (χ2v) is 4.29. The van der Waals surface area contributed by atoms with E-state index in [4.69, 9.17) is 0 Å². The molecule has 0 aliphatic heterocycles. The van der Waals surface area contributed by atoms with Crippen LogP contribution in [-0.2, 0) is 6.42 Å². The molecule has 0 saturated heterocycles. The van der Waals surface area contributed by atoms with Crippen LogP contribution in [0.3, 0.4) is 0 Å². The monoisotopic (exact) mass is 209 g/mol. The Morgan fingerprint density at radius 3 is 2.67 bits per heavy atom. The molecule has 84 valence electrons. The van der Waals surface area contributed by atoms with Crippen molar-refractivity contribution in [2.24, 2.45) is 0 Å². The number of aromatic amines is 1. The summed E-state index contributed by atoms with van der Waals surface area (Å²) in [6.07, 6.45) is 1.71. The summed E-state index contributed by atoms with van der Waals surface area (Å²) in [6.45, 7) is 8.23. The molecule has 0 bridgehead atoms. The third kappa shape index (κ3) is 3.38. The van der Waals surface area contributed by atoms with Gasteiger partial charge in [-0.15, -0.1) is 0 Å². The molecule has 4 heteroatoms. The van der Waals surface area contributed by atoms with Gasteiger partial charge in [-0.05, 0) is 20.3 Å². The van der Waals surface area contributed by atoms with Crippen LogP contribution in [0, 0.1) is 0 Å². The highest BCUT2D eigenvalue weighted by atomic mass is 16.1. The fourth-order valence-corrected chi connectivity index (χ4v) is 1.17. The van der Waals surface area contributed by atoms with Crippen LogP contribution in [0.1, 0.15) is 39.9 Å². The second-order valence-electron chi connectivity index (χ2n) is 4.29. The maximum atomic E-state index is 11.3. The maximum Gasteiger partial charge on any atom is 0.252 e. The molecule has 1 rings (SSSR count). The first kappa shape index (κ1) is 11.8. The van der Waals surface area contributed by atoms with Crippen LogP contribution in [0.2, 0.25) is 0 Å². The van der Waals surface area contributed by atoms with Crippen LogP contribution in [-0.4, -0.2) is 15.5 Å². The maximum absolute atomic E-state index is 11.3. The van der Waals surface area contributed by atoms with Crippen molar-refractivity contribution in [3.05, 3.63) is 22.2 Å². The first-order valence-corrected chi connectivity index (χ1v) is 5.35. The Balaban J connectivity index is 2.95. The minimum absolute atomic E-state index is 0.0359. The minimum Gasteiger partial charge on any atom is -0.365 e. The lowest BCUT2D eigenvalue weighted by molar-refractivity contribution is 0.544. The smallest absolute Gasteiger partial charge is 0.252 e. The molecule has 0 spiro atoms. The molecule has 0 radical (unpaired) electrons. The molecule has 0 unspecified atom stereocenters. The number of H-pyrrole nitrogens is 1. The van der Waals surface area contributed by atoms with Gasteiger partial charge in [-0.3, -0.25) is 4.79 Å². The van der Waals surface area contributed by atoms with Crippen LogP contribution >= 0.6 is 0 Å². The standard InChI is InChI=1S/C11H19N3O/c1-5-8-12-9(7-10(15)13-8)14-11(3,4)6-2/h7H,5-6H2,1-4H3,(H2,12,13,14,15). The third-order valence-electron chi connectivity index (χ3n) is 2.48. The number of hydrogen-bond donors (Lipinski definition) is 2. The van der Waals surface area contributed by atoms with E-state index in [0.29, 0.717) is 5.82 Å². The van der Waals surface area contributed by atoms with Crippen molar-refractivity contribution >= 4 is 5.82 Å². The third-order valence-corrected chi connectivity index (χ3v) is 2.48. The molecule has 1 aromatic heterocycles. The van der Waals surface area contributed by atoms with E-state index in [0.717, 1.165) is 18.7 Å². The van der Waals surface area contributed by atoms with Gasteiger partial charge in [-0.2, -0.15) is 0 Å². The van der Waals surface area contributed by atoms with Crippen molar-refractivity contribution in [2.75, 3.05) is 5.32 Å². The summed E-state index contributed by atoms with van der Waals surface area (Å²) in [5.41, 5.74) is -0.137. The molecule has 2 N–H and O–H groups in total. The highest BCUT2D eigenvalue weighted by Gasteiger charge is 2.15. The molecule has 15 heavy (non-hydrogen) atoms. The van der Waals surface area contributed by atoms with Gasteiger partial charge in [0.2, 0.25) is 0 Å². The van der Waals surface area contributed by atoms with Gasteiger partial charge in [0.05, 0.1) is 0 Å². The molecule has 0 saturated carbocycles. The van der Waals surface area contributed by atoms with E-state index in [1.807, 2.05) is 6.92 Å². The number of aromatic nitrogens is 2. The lowest BCUT2D eigenvalue weighted by atomic mass is 10.0. The van der Waals surface area contributed by atoms with Crippen molar-refractivity contribution in [1.29, 1.82) is 0 Å². The van der Waals surface area contributed by atoms with Gasteiger partial charge in [0.1, 0.15) is 11.6 Å². The summed E-state index contributed by atoms with van der Waals surface area (Å²) >= 11 is 0. The zero-order chi connectivity index (χ0) is 11.5. The van der Waals surface area contributed by atoms with E-state index in [-0.39, 0.29) is 11.1 Å². The van der Waals surface area contributed by atoms with Gasteiger partial charge >= 0.3 is 0 Å². The normalized spacial score (nSPS) is 11.5. The molecular weight excluding hydrogens is 190 g/mol. The van der Waals surface area contributed by atoms with E-state index in [2.05, 4.69) is 36.1 Å². The number of rotatable bonds is 4. The molecule has 1 aromatic rings. The predicted molar refractivity (Wildman–Crippen MR) is 62.2 cm³/mol. The molecular formula is C11H19N3O. The first-order valence-electron chi connectivity index (χ1n) is 5.35. The Bertz CT molecular complexity index is 382. The summed E-state index contributed by atoms with van der Waals surface area (Å²) < 4.78 is 0. The Morgan fingerprint density at radius 1 is 1.47 bits per heavy atom.